The van der Waals surface area contributed by atoms with E-state index in [9.17, 15) is 4.79 Å². The molecule has 4 rings (SSSR count). The first-order valence-corrected chi connectivity index (χ1v) is 8.99. The molecular weight excluding hydrogens is 320 g/mol. The number of rotatable bonds is 5. The Morgan fingerprint density at radius 1 is 1.25 bits per heavy atom. The van der Waals surface area contributed by atoms with Crippen molar-refractivity contribution in [3.63, 3.8) is 0 Å². The molecule has 2 heterocycles. The van der Waals surface area contributed by atoms with Crippen LogP contribution in [0.2, 0.25) is 0 Å². The number of carbonyl (C=O) groups is 1. The van der Waals surface area contributed by atoms with E-state index in [4.69, 9.17) is 4.42 Å². The molecule has 0 spiro atoms. The summed E-state index contributed by atoms with van der Waals surface area (Å²) in [4.78, 5) is 19.5. The largest absolute Gasteiger partial charge is 0.467 e. The number of carbonyl (C=O) groups excluding carboxylic acids is 1. The topological polar surface area (TPSA) is 46.3 Å². The van der Waals surface area contributed by atoms with E-state index in [0.29, 0.717) is 11.7 Å². The second-order valence-corrected chi connectivity index (χ2v) is 6.90. The third kappa shape index (κ3) is 2.87. The zero-order chi connectivity index (χ0) is 16.5. The van der Waals surface area contributed by atoms with Gasteiger partial charge in [0.1, 0.15) is 16.5 Å². The van der Waals surface area contributed by atoms with Gasteiger partial charge in [-0.25, -0.2) is 4.98 Å². The molecule has 2 aromatic heterocycles. The van der Waals surface area contributed by atoms with Crippen molar-refractivity contribution < 1.29 is 9.21 Å². The van der Waals surface area contributed by atoms with Crippen molar-refractivity contribution in [3.8, 4) is 10.6 Å². The van der Waals surface area contributed by atoms with Crippen molar-refractivity contribution in [1.29, 1.82) is 0 Å². The van der Waals surface area contributed by atoms with Crippen molar-refractivity contribution >= 4 is 17.2 Å². The Morgan fingerprint density at radius 2 is 2.04 bits per heavy atom. The third-order valence-electron chi connectivity index (χ3n) is 4.29. The van der Waals surface area contributed by atoms with E-state index in [2.05, 4.69) is 4.98 Å². The summed E-state index contributed by atoms with van der Waals surface area (Å²) in [6, 6.07) is 13.9. The van der Waals surface area contributed by atoms with E-state index in [1.807, 2.05) is 59.7 Å². The second-order valence-electron chi connectivity index (χ2n) is 6.04. The fraction of sp³-hybridized carbons (Fsp3) is 0.263. The maximum Gasteiger partial charge on any atom is 0.274 e. The van der Waals surface area contributed by atoms with Gasteiger partial charge in [0.25, 0.3) is 5.91 Å². The van der Waals surface area contributed by atoms with Crippen LogP contribution in [0, 0.1) is 0 Å². The average molecular weight is 338 g/mol. The molecule has 1 fully saturated rings. The van der Waals surface area contributed by atoms with E-state index >= 15 is 0 Å². The van der Waals surface area contributed by atoms with Crippen LogP contribution in [0.5, 0.6) is 0 Å². The fourth-order valence-corrected chi connectivity index (χ4v) is 3.69. The zero-order valence-electron chi connectivity index (χ0n) is 13.4. The van der Waals surface area contributed by atoms with Crippen molar-refractivity contribution in [1.82, 2.24) is 9.88 Å². The minimum absolute atomic E-state index is 0.0140. The Hall–Kier alpha value is -2.40. The number of nitrogens with zero attached hydrogens (tertiary/aromatic N) is 2. The van der Waals surface area contributed by atoms with Crippen LogP contribution in [0.3, 0.4) is 0 Å². The van der Waals surface area contributed by atoms with E-state index in [1.54, 1.807) is 6.26 Å². The molecule has 1 amide bonds. The molecule has 5 heteroatoms. The molecule has 1 saturated carbocycles. The average Bonchev–Trinajstić information content (AvgIpc) is 3.12. The highest BCUT2D eigenvalue weighted by molar-refractivity contribution is 7.13. The lowest BCUT2D eigenvalue weighted by Crippen LogP contribution is -2.35. The van der Waals surface area contributed by atoms with Gasteiger partial charge in [-0.15, -0.1) is 11.3 Å². The number of hydrogen-bond donors (Lipinski definition) is 0. The molecule has 0 radical (unpaired) electrons. The molecule has 1 atom stereocenters. The lowest BCUT2D eigenvalue weighted by molar-refractivity contribution is 0.0647. The van der Waals surface area contributed by atoms with Crippen LogP contribution in [0.1, 0.15) is 42.1 Å². The van der Waals surface area contributed by atoms with Gasteiger partial charge in [0.2, 0.25) is 0 Å². The van der Waals surface area contributed by atoms with Crippen LogP contribution in [0.25, 0.3) is 10.6 Å². The first-order valence-electron chi connectivity index (χ1n) is 8.11. The van der Waals surface area contributed by atoms with Gasteiger partial charge < -0.3 is 9.32 Å². The standard InChI is InChI=1S/C19H18N2O2S/c1-13(17-8-5-11-23-17)21(15-9-10-15)19(22)16-12-24-18(20-16)14-6-3-2-4-7-14/h2-8,11-13,15H,9-10H2,1H3. The van der Waals surface area contributed by atoms with E-state index < -0.39 is 0 Å². The Bertz CT molecular complexity index is 822. The van der Waals surface area contributed by atoms with Crippen molar-refractivity contribution in [2.45, 2.75) is 31.8 Å². The molecule has 0 N–H and O–H groups in total. The minimum Gasteiger partial charge on any atom is -0.467 e. The van der Waals surface area contributed by atoms with Crippen molar-refractivity contribution in [2.75, 3.05) is 0 Å². The highest BCUT2D eigenvalue weighted by atomic mass is 32.1. The molecule has 0 bridgehead atoms. The summed E-state index contributed by atoms with van der Waals surface area (Å²) in [6.07, 6.45) is 3.75. The molecule has 1 aliphatic carbocycles. The third-order valence-corrected chi connectivity index (χ3v) is 5.18. The zero-order valence-corrected chi connectivity index (χ0v) is 14.2. The molecule has 1 aliphatic rings. The summed E-state index contributed by atoms with van der Waals surface area (Å²) in [7, 11) is 0. The summed E-state index contributed by atoms with van der Waals surface area (Å²) in [5.74, 6) is 0.800. The predicted octanol–water partition coefficient (Wildman–Crippen LogP) is 4.77. The fourth-order valence-electron chi connectivity index (χ4n) is 2.89. The summed E-state index contributed by atoms with van der Waals surface area (Å²) in [5, 5.41) is 2.73. The number of aromatic nitrogens is 1. The van der Waals surface area contributed by atoms with E-state index in [-0.39, 0.29) is 11.9 Å². The minimum atomic E-state index is -0.0816. The molecule has 1 aromatic carbocycles. The first-order chi connectivity index (χ1) is 11.7. The maximum absolute atomic E-state index is 13.0. The predicted molar refractivity (Wildman–Crippen MR) is 93.9 cm³/mol. The Morgan fingerprint density at radius 3 is 2.71 bits per heavy atom. The van der Waals surface area contributed by atoms with Gasteiger partial charge in [-0.05, 0) is 31.9 Å². The molecule has 1 unspecified atom stereocenters. The Balaban J connectivity index is 1.61. The Kier molecular flexibility index (Phi) is 3.94. The maximum atomic E-state index is 13.0. The normalized spacial score (nSPS) is 15.2. The van der Waals surface area contributed by atoms with Crippen LogP contribution in [-0.2, 0) is 0 Å². The van der Waals surface area contributed by atoms with Gasteiger partial charge in [-0.3, -0.25) is 4.79 Å². The number of thiazole rings is 1. The van der Waals surface area contributed by atoms with Crippen molar-refractivity contribution in [2.24, 2.45) is 0 Å². The summed E-state index contributed by atoms with van der Waals surface area (Å²) in [5.41, 5.74) is 1.56. The lowest BCUT2D eigenvalue weighted by atomic mass is 10.2. The SMILES string of the molecule is CC(c1ccco1)N(C(=O)c1csc(-c2ccccc2)n1)C1CC1. The second kappa shape index (κ2) is 6.24. The monoisotopic (exact) mass is 338 g/mol. The molecule has 4 nitrogen and oxygen atoms in total. The highest BCUT2D eigenvalue weighted by Gasteiger charge is 2.38. The number of benzene rings is 1. The number of furan rings is 1. The lowest BCUT2D eigenvalue weighted by Gasteiger charge is -2.27. The van der Waals surface area contributed by atoms with E-state index in [0.717, 1.165) is 29.2 Å². The van der Waals surface area contributed by atoms with Crippen LogP contribution >= 0.6 is 11.3 Å². The highest BCUT2D eigenvalue weighted by Crippen LogP contribution is 2.36. The van der Waals surface area contributed by atoms with Gasteiger partial charge in [-0.2, -0.15) is 0 Å². The quantitative estimate of drug-likeness (QED) is 0.673. The van der Waals surface area contributed by atoms with Gasteiger partial charge >= 0.3 is 0 Å². The van der Waals surface area contributed by atoms with Crippen LogP contribution in [0.4, 0.5) is 0 Å². The molecular formula is C19H18N2O2S. The molecule has 122 valence electrons. The van der Waals surface area contributed by atoms with Crippen molar-refractivity contribution in [3.05, 3.63) is 65.6 Å². The molecule has 24 heavy (non-hydrogen) atoms. The Labute approximate surface area is 144 Å². The van der Waals surface area contributed by atoms with E-state index in [1.165, 1.54) is 11.3 Å². The van der Waals surface area contributed by atoms with Crippen LogP contribution in [-0.4, -0.2) is 21.8 Å². The van der Waals surface area contributed by atoms with Gasteiger partial charge in [0, 0.05) is 17.0 Å². The van der Waals surface area contributed by atoms with Gasteiger partial charge in [0.05, 0.1) is 12.3 Å². The first kappa shape index (κ1) is 15.1. The number of amides is 1. The van der Waals surface area contributed by atoms with Gasteiger partial charge in [-0.1, -0.05) is 30.3 Å². The van der Waals surface area contributed by atoms with Crippen LogP contribution < -0.4 is 0 Å². The molecule has 0 aliphatic heterocycles. The number of hydrogen-bond acceptors (Lipinski definition) is 4. The smallest absolute Gasteiger partial charge is 0.274 e. The van der Waals surface area contributed by atoms with Crippen LogP contribution in [0.15, 0.2) is 58.5 Å². The summed E-state index contributed by atoms with van der Waals surface area (Å²) >= 11 is 1.51. The molecule has 0 saturated heterocycles. The summed E-state index contributed by atoms with van der Waals surface area (Å²) in [6.45, 7) is 2.01. The summed E-state index contributed by atoms with van der Waals surface area (Å²) < 4.78 is 5.50. The molecule has 3 aromatic rings. The van der Waals surface area contributed by atoms with Gasteiger partial charge in [0.15, 0.2) is 0 Å².